The highest BCUT2D eigenvalue weighted by Gasteiger charge is 2.74. The van der Waals surface area contributed by atoms with Crippen LogP contribution in [0.25, 0.3) is 0 Å². The minimum absolute atomic E-state index is 0.0986. The Morgan fingerprint density at radius 2 is 1.60 bits per heavy atom. The average Bonchev–Trinajstić information content (AvgIpc) is 2.49. The predicted molar refractivity (Wildman–Crippen MR) is 97.5 cm³/mol. The molecule has 0 unspecified atom stereocenters. The number of aryl methyl sites for hydroxylation is 2. The number of Topliss-reactive ketones (excluding diaryl/α,β-unsaturated/α-hetero) is 1. The zero-order chi connectivity index (χ0) is 17.9. The van der Waals surface area contributed by atoms with E-state index in [1.807, 2.05) is 50.2 Å². The first kappa shape index (κ1) is 16.5. The van der Waals surface area contributed by atoms with Crippen LogP contribution in [0.4, 0.5) is 0 Å². The highest BCUT2D eigenvalue weighted by atomic mass is 32.2. The zero-order valence-corrected chi connectivity index (χ0v) is 15.4. The predicted octanol–water partition coefficient (Wildman–Crippen LogP) is 4.27. The van der Waals surface area contributed by atoms with Crippen molar-refractivity contribution < 1.29 is 13.2 Å². The lowest BCUT2D eigenvalue weighted by molar-refractivity contribution is -0.0791. The van der Waals surface area contributed by atoms with Crippen LogP contribution in [0, 0.1) is 19.3 Å². The van der Waals surface area contributed by atoms with Gasteiger partial charge in [-0.25, -0.2) is 8.42 Å². The molecular formula is C21H22O3S. The van der Waals surface area contributed by atoms with Gasteiger partial charge in [-0.15, -0.1) is 0 Å². The van der Waals surface area contributed by atoms with E-state index < -0.39 is 14.6 Å². The van der Waals surface area contributed by atoms with E-state index in [2.05, 4.69) is 0 Å². The number of rotatable bonds is 5. The fourth-order valence-electron chi connectivity index (χ4n) is 4.60. The van der Waals surface area contributed by atoms with Crippen LogP contribution in [0.15, 0.2) is 53.4 Å². The summed E-state index contributed by atoms with van der Waals surface area (Å²) in [5.41, 5.74) is 2.76. The molecule has 0 heterocycles. The van der Waals surface area contributed by atoms with Gasteiger partial charge in [-0.3, -0.25) is 4.79 Å². The van der Waals surface area contributed by atoms with Crippen LogP contribution >= 0.6 is 0 Å². The molecule has 3 saturated carbocycles. The quantitative estimate of drug-likeness (QED) is 0.753. The third-order valence-corrected chi connectivity index (χ3v) is 8.33. The summed E-state index contributed by atoms with van der Waals surface area (Å²) < 4.78 is 25.3. The summed E-state index contributed by atoms with van der Waals surface area (Å²) in [5.74, 6) is 0.129. The lowest BCUT2D eigenvalue weighted by atomic mass is 9.42. The summed E-state index contributed by atoms with van der Waals surface area (Å²) in [4.78, 5) is 13.0. The van der Waals surface area contributed by atoms with Gasteiger partial charge in [-0.05, 0) is 56.7 Å². The topological polar surface area (TPSA) is 51.2 Å². The van der Waals surface area contributed by atoms with Crippen molar-refractivity contribution in [2.45, 2.75) is 49.2 Å². The monoisotopic (exact) mass is 354 g/mol. The summed E-state index contributed by atoms with van der Waals surface area (Å²) in [7, 11) is -3.31. The molecule has 0 saturated heterocycles. The number of carbonyl (C=O) groups excluding carboxylic acids is 1. The van der Waals surface area contributed by atoms with Gasteiger partial charge in [0.05, 0.1) is 9.64 Å². The normalized spacial score (nSPS) is 27.3. The Labute approximate surface area is 149 Å². The van der Waals surface area contributed by atoms with Crippen LogP contribution < -0.4 is 0 Å². The smallest absolute Gasteiger partial charge is 0.184 e. The summed E-state index contributed by atoms with van der Waals surface area (Å²) in [5, 5.41) is 0. The zero-order valence-electron chi connectivity index (χ0n) is 14.6. The van der Waals surface area contributed by atoms with E-state index in [4.69, 9.17) is 0 Å². The first-order chi connectivity index (χ1) is 11.8. The van der Waals surface area contributed by atoms with Crippen LogP contribution in [-0.2, 0) is 9.84 Å². The molecule has 4 heteroatoms. The molecule has 2 bridgehead atoms. The summed E-state index contributed by atoms with van der Waals surface area (Å²) in [6.45, 7) is 3.92. The SMILES string of the molecule is Cc1ccc(S(=O)(=O)C23CC(CC(=O)c4cccc(C)c4)(C2)C3)cc1. The molecule has 2 aromatic carbocycles. The van der Waals surface area contributed by atoms with E-state index in [-0.39, 0.29) is 11.2 Å². The largest absolute Gasteiger partial charge is 0.294 e. The van der Waals surface area contributed by atoms with Crippen LogP contribution in [0.3, 0.4) is 0 Å². The number of hydrogen-bond donors (Lipinski definition) is 0. The Balaban J connectivity index is 1.47. The van der Waals surface area contributed by atoms with E-state index in [9.17, 15) is 13.2 Å². The van der Waals surface area contributed by atoms with E-state index in [0.29, 0.717) is 30.6 Å². The number of ketones is 1. The molecule has 3 aliphatic carbocycles. The fraction of sp³-hybridized carbons (Fsp3) is 0.381. The van der Waals surface area contributed by atoms with Crippen molar-refractivity contribution >= 4 is 15.6 Å². The molecule has 0 aromatic heterocycles. The van der Waals surface area contributed by atoms with Gasteiger partial charge in [0.15, 0.2) is 15.6 Å². The molecule has 2 aromatic rings. The third kappa shape index (κ3) is 2.46. The van der Waals surface area contributed by atoms with E-state index >= 15 is 0 Å². The molecule has 0 amide bonds. The van der Waals surface area contributed by atoms with Gasteiger partial charge in [0.25, 0.3) is 0 Å². The minimum atomic E-state index is -3.31. The second kappa shape index (κ2) is 5.28. The molecule has 3 fully saturated rings. The van der Waals surface area contributed by atoms with Crippen molar-refractivity contribution in [3.63, 3.8) is 0 Å². The van der Waals surface area contributed by atoms with Crippen molar-refractivity contribution in [3.05, 3.63) is 65.2 Å². The first-order valence-electron chi connectivity index (χ1n) is 8.67. The summed E-state index contributed by atoms with van der Waals surface area (Å²) in [6, 6.07) is 14.7. The molecule has 3 nitrogen and oxygen atoms in total. The van der Waals surface area contributed by atoms with Gasteiger partial charge in [-0.1, -0.05) is 41.5 Å². The van der Waals surface area contributed by atoms with Crippen molar-refractivity contribution in [3.8, 4) is 0 Å². The molecule has 0 spiro atoms. The van der Waals surface area contributed by atoms with Gasteiger partial charge >= 0.3 is 0 Å². The Bertz CT molecular complexity index is 935. The highest BCUT2D eigenvalue weighted by molar-refractivity contribution is 7.93. The first-order valence-corrected chi connectivity index (χ1v) is 10.2. The lowest BCUT2D eigenvalue weighted by Gasteiger charge is -2.69. The molecule has 130 valence electrons. The number of carbonyl (C=O) groups is 1. The van der Waals surface area contributed by atoms with Gasteiger partial charge in [0, 0.05) is 12.0 Å². The maximum Gasteiger partial charge on any atom is 0.184 e. The highest BCUT2D eigenvalue weighted by Crippen LogP contribution is 2.73. The molecule has 25 heavy (non-hydrogen) atoms. The molecule has 0 radical (unpaired) electrons. The van der Waals surface area contributed by atoms with E-state index in [1.165, 1.54) is 0 Å². The molecular weight excluding hydrogens is 332 g/mol. The van der Waals surface area contributed by atoms with E-state index in [0.717, 1.165) is 16.7 Å². The molecule has 0 N–H and O–H groups in total. The van der Waals surface area contributed by atoms with Crippen molar-refractivity contribution in [1.82, 2.24) is 0 Å². The van der Waals surface area contributed by atoms with Gasteiger partial charge in [-0.2, -0.15) is 0 Å². The second-order valence-electron chi connectivity index (χ2n) is 8.00. The lowest BCUT2D eigenvalue weighted by Crippen LogP contribution is -2.70. The van der Waals surface area contributed by atoms with E-state index in [1.54, 1.807) is 12.1 Å². The van der Waals surface area contributed by atoms with Crippen LogP contribution in [0.5, 0.6) is 0 Å². The summed E-state index contributed by atoms with van der Waals surface area (Å²) in [6.07, 6.45) is 2.32. The van der Waals surface area contributed by atoms with Gasteiger partial charge < -0.3 is 0 Å². The maximum atomic E-state index is 12.9. The Kier molecular flexibility index (Phi) is 3.49. The van der Waals surface area contributed by atoms with Gasteiger partial charge in [0.1, 0.15) is 0 Å². The van der Waals surface area contributed by atoms with Crippen molar-refractivity contribution in [2.24, 2.45) is 5.41 Å². The fourth-order valence-corrected chi connectivity index (χ4v) is 7.08. The Hall–Kier alpha value is -1.94. The third-order valence-electron chi connectivity index (χ3n) is 5.87. The van der Waals surface area contributed by atoms with Crippen LogP contribution in [-0.4, -0.2) is 18.9 Å². The molecule has 0 atom stereocenters. The standard InChI is InChI=1S/C21H22O3S/c1-15-6-8-18(9-7-15)25(23,24)21-12-20(13-21,14-21)11-19(22)17-5-3-4-16(2)10-17/h3-10H,11-14H2,1-2H3. The van der Waals surface area contributed by atoms with Crippen LogP contribution in [0.1, 0.15) is 47.2 Å². The van der Waals surface area contributed by atoms with Gasteiger partial charge in [0.2, 0.25) is 0 Å². The summed E-state index contributed by atoms with van der Waals surface area (Å²) >= 11 is 0. The number of sulfone groups is 1. The molecule has 0 aliphatic heterocycles. The average molecular weight is 354 g/mol. The minimum Gasteiger partial charge on any atom is -0.294 e. The maximum absolute atomic E-state index is 12.9. The van der Waals surface area contributed by atoms with Crippen molar-refractivity contribution in [1.29, 1.82) is 0 Å². The van der Waals surface area contributed by atoms with Crippen LogP contribution in [0.2, 0.25) is 0 Å². The number of hydrogen-bond acceptors (Lipinski definition) is 3. The molecule has 5 rings (SSSR count). The molecule has 3 aliphatic rings. The Morgan fingerprint density at radius 1 is 0.960 bits per heavy atom. The number of benzene rings is 2. The second-order valence-corrected chi connectivity index (χ2v) is 10.3. The Morgan fingerprint density at radius 3 is 2.20 bits per heavy atom. The van der Waals surface area contributed by atoms with Crippen molar-refractivity contribution in [2.75, 3.05) is 0 Å².